The molecule has 0 aliphatic carbocycles. The summed E-state index contributed by atoms with van der Waals surface area (Å²) in [6.45, 7) is 0. The van der Waals surface area contributed by atoms with Crippen molar-refractivity contribution < 1.29 is 0 Å². The van der Waals surface area contributed by atoms with Crippen LogP contribution in [0.4, 0.5) is 17.3 Å². The van der Waals surface area contributed by atoms with E-state index in [1.54, 1.807) is 12.1 Å². The van der Waals surface area contributed by atoms with Crippen molar-refractivity contribution in [2.45, 2.75) is 0 Å². The second kappa shape index (κ2) is 5.76. The van der Waals surface area contributed by atoms with Crippen LogP contribution >= 0.6 is 11.6 Å². The summed E-state index contributed by atoms with van der Waals surface area (Å²) in [6.07, 6.45) is 0. The first-order chi connectivity index (χ1) is 10.2. The van der Waals surface area contributed by atoms with Gasteiger partial charge in [0.05, 0.1) is 0 Å². The van der Waals surface area contributed by atoms with Crippen LogP contribution in [0.1, 0.15) is 0 Å². The maximum Gasteiger partial charge on any atom is 0.232 e. The van der Waals surface area contributed by atoms with Gasteiger partial charge in [-0.15, -0.1) is 0 Å². The Bertz CT molecular complexity index is 761. The van der Waals surface area contributed by atoms with Crippen molar-refractivity contribution in [3.05, 3.63) is 59.9 Å². The molecule has 0 saturated carbocycles. The summed E-state index contributed by atoms with van der Waals surface area (Å²) < 4.78 is 0. The number of hydrogen-bond donors (Lipinski definition) is 2. The molecule has 3 aromatic rings. The maximum absolute atomic E-state index is 5.97. The highest BCUT2D eigenvalue weighted by molar-refractivity contribution is 6.28. The third kappa shape index (κ3) is 3.27. The van der Waals surface area contributed by atoms with E-state index in [4.69, 9.17) is 17.3 Å². The van der Waals surface area contributed by atoms with Crippen molar-refractivity contribution in [3.63, 3.8) is 0 Å². The summed E-state index contributed by atoms with van der Waals surface area (Å²) in [6, 6.07) is 16.9. The van der Waals surface area contributed by atoms with Gasteiger partial charge in [0, 0.05) is 16.9 Å². The Morgan fingerprint density at radius 1 is 0.905 bits per heavy atom. The number of para-hydroxylation sites is 1. The van der Waals surface area contributed by atoms with Crippen molar-refractivity contribution in [2.75, 3.05) is 11.1 Å². The number of aromatic nitrogens is 3. The van der Waals surface area contributed by atoms with Gasteiger partial charge in [0.25, 0.3) is 0 Å². The van der Waals surface area contributed by atoms with Gasteiger partial charge in [0.1, 0.15) is 0 Å². The van der Waals surface area contributed by atoms with Crippen LogP contribution in [0.5, 0.6) is 0 Å². The summed E-state index contributed by atoms with van der Waals surface area (Å²) in [4.78, 5) is 12.6. The summed E-state index contributed by atoms with van der Waals surface area (Å²) in [5.41, 5.74) is 8.08. The Hall–Kier alpha value is -2.66. The molecule has 0 aliphatic heterocycles. The van der Waals surface area contributed by atoms with E-state index in [9.17, 15) is 0 Å². The number of nitrogens with one attached hydrogen (secondary N) is 1. The van der Waals surface area contributed by atoms with Crippen LogP contribution in [-0.4, -0.2) is 15.0 Å². The predicted molar refractivity (Wildman–Crippen MR) is 84.4 cm³/mol. The Morgan fingerprint density at radius 2 is 1.71 bits per heavy atom. The molecule has 0 unspecified atom stereocenters. The molecule has 2 aromatic carbocycles. The minimum absolute atomic E-state index is 0.126. The first-order valence-electron chi connectivity index (χ1n) is 6.30. The van der Waals surface area contributed by atoms with E-state index in [-0.39, 0.29) is 5.28 Å². The number of nitrogens with two attached hydrogens (primary N) is 1. The molecule has 0 radical (unpaired) electrons. The standard InChI is InChI=1S/C15H12ClN5/c16-14-19-13(10-5-4-6-11(17)9-10)20-15(21-14)18-12-7-2-1-3-8-12/h1-9H,17H2,(H,18,19,20,21). The van der Waals surface area contributed by atoms with E-state index in [0.717, 1.165) is 11.3 Å². The number of halogens is 1. The third-order valence-electron chi connectivity index (χ3n) is 2.78. The quantitative estimate of drug-likeness (QED) is 0.723. The van der Waals surface area contributed by atoms with E-state index >= 15 is 0 Å². The van der Waals surface area contributed by atoms with Crippen molar-refractivity contribution >= 4 is 28.9 Å². The topological polar surface area (TPSA) is 76.7 Å². The van der Waals surface area contributed by atoms with E-state index in [0.29, 0.717) is 17.5 Å². The molecule has 3 rings (SSSR count). The number of nitrogens with zero attached hydrogens (tertiary/aromatic N) is 3. The largest absolute Gasteiger partial charge is 0.399 e. The fourth-order valence-electron chi connectivity index (χ4n) is 1.86. The monoisotopic (exact) mass is 297 g/mol. The molecule has 0 saturated heterocycles. The fraction of sp³-hybridized carbons (Fsp3) is 0. The smallest absolute Gasteiger partial charge is 0.232 e. The molecule has 21 heavy (non-hydrogen) atoms. The van der Waals surface area contributed by atoms with Gasteiger partial charge in [0.2, 0.25) is 11.2 Å². The fourth-order valence-corrected chi connectivity index (χ4v) is 2.02. The molecule has 0 fully saturated rings. The summed E-state index contributed by atoms with van der Waals surface area (Å²) in [5.74, 6) is 0.861. The third-order valence-corrected chi connectivity index (χ3v) is 2.95. The molecule has 0 aliphatic rings. The number of nitrogen functional groups attached to an aromatic ring is 1. The van der Waals surface area contributed by atoms with Crippen molar-refractivity contribution in [2.24, 2.45) is 0 Å². The lowest BCUT2D eigenvalue weighted by atomic mass is 10.2. The molecule has 0 atom stereocenters. The van der Waals surface area contributed by atoms with Crippen LogP contribution in [0.15, 0.2) is 54.6 Å². The Kier molecular flexibility index (Phi) is 3.66. The minimum Gasteiger partial charge on any atom is -0.399 e. The van der Waals surface area contributed by atoms with Gasteiger partial charge in [-0.1, -0.05) is 30.3 Å². The van der Waals surface area contributed by atoms with Gasteiger partial charge < -0.3 is 11.1 Å². The molecule has 1 heterocycles. The van der Waals surface area contributed by atoms with E-state index in [1.807, 2.05) is 42.5 Å². The molecule has 1 aromatic heterocycles. The van der Waals surface area contributed by atoms with Crippen LogP contribution in [0.2, 0.25) is 5.28 Å². The first-order valence-corrected chi connectivity index (χ1v) is 6.68. The van der Waals surface area contributed by atoms with E-state index in [1.165, 1.54) is 0 Å². The lowest BCUT2D eigenvalue weighted by molar-refractivity contribution is 1.06. The SMILES string of the molecule is Nc1cccc(-c2nc(Cl)nc(Nc3ccccc3)n2)c1. The van der Waals surface area contributed by atoms with Gasteiger partial charge in [-0.2, -0.15) is 15.0 Å². The molecular formula is C15H12ClN5. The van der Waals surface area contributed by atoms with Gasteiger partial charge in [-0.3, -0.25) is 0 Å². The van der Waals surface area contributed by atoms with E-state index < -0.39 is 0 Å². The molecule has 0 amide bonds. The van der Waals surface area contributed by atoms with Gasteiger partial charge >= 0.3 is 0 Å². The Morgan fingerprint density at radius 3 is 2.48 bits per heavy atom. The minimum atomic E-state index is 0.126. The highest BCUT2D eigenvalue weighted by Gasteiger charge is 2.08. The summed E-state index contributed by atoms with van der Waals surface area (Å²) in [7, 11) is 0. The summed E-state index contributed by atoms with van der Waals surface area (Å²) >= 11 is 5.97. The molecule has 0 bridgehead atoms. The maximum atomic E-state index is 5.97. The normalized spacial score (nSPS) is 10.3. The van der Waals surface area contributed by atoms with Gasteiger partial charge in [0.15, 0.2) is 5.82 Å². The molecule has 5 nitrogen and oxygen atoms in total. The predicted octanol–water partition coefficient (Wildman–Crippen LogP) is 3.52. The number of rotatable bonds is 3. The lowest BCUT2D eigenvalue weighted by Gasteiger charge is -2.07. The van der Waals surface area contributed by atoms with Crippen molar-refractivity contribution in [3.8, 4) is 11.4 Å². The second-order valence-corrected chi connectivity index (χ2v) is 4.71. The first kappa shape index (κ1) is 13.3. The Balaban J connectivity index is 1.97. The van der Waals surface area contributed by atoms with Crippen LogP contribution in [0.3, 0.4) is 0 Å². The average Bonchev–Trinajstić information content (AvgIpc) is 2.48. The number of benzene rings is 2. The van der Waals surface area contributed by atoms with Crippen molar-refractivity contribution in [1.29, 1.82) is 0 Å². The zero-order valence-electron chi connectivity index (χ0n) is 11.0. The molecular weight excluding hydrogens is 286 g/mol. The summed E-state index contributed by atoms with van der Waals surface area (Å²) in [5, 5.41) is 3.22. The molecule has 3 N–H and O–H groups in total. The highest BCUT2D eigenvalue weighted by atomic mass is 35.5. The van der Waals surface area contributed by atoms with Gasteiger partial charge in [-0.05, 0) is 35.9 Å². The molecule has 6 heteroatoms. The lowest BCUT2D eigenvalue weighted by Crippen LogP contribution is -2.01. The van der Waals surface area contributed by atoms with E-state index in [2.05, 4.69) is 20.3 Å². The van der Waals surface area contributed by atoms with Crippen molar-refractivity contribution in [1.82, 2.24) is 15.0 Å². The molecule has 0 spiro atoms. The average molecular weight is 298 g/mol. The van der Waals surface area contributed by atoms with Crippen LogP contribution in [0, 0.1) is 0 Å². The molecule has 104 valence electrons. The van der Waals surface area contributed by atoms with Gasteiger partial charge in [-0.25, -0.2) is 0 Å². The van der Waals surface area contributed by atoms with Crippen LogP contribution in [-0.2, 0) is 0 Å². The number of hydrogen-bond acceptors (Lipinski definition) is 5. The number of anilines is 3. The zero-order valence-corrected chi connectivity index (χ0v) is 11.7. The second-order valence-electron chi connectivity index (χ2n) is 4.37. The van der Waals surface area contributed by atoms with Crippen LogP contribution < -0.4 is 11.1 Å². The highest BCUT2D eigenvalue weighted by Crippen LogP contribution is 2.21. The Labute approximate surface area is 126 Å². The zero-order chi connectivity index (χ0) is 14.7. The van der Waals surface area contributed by atoms with Crippen LogP contribution in [0.25, 0.3) is 11.4 Å².